The molecule has 0 spiro atoms. The Morgan fingerprint density at radius 1 is 1.10 bits per heavy atom. The Hall–Kier alpha value is -2.60. The van der Waals surface area contributed by atoms with E-state index in [0.717, 1.165) is 5.56 Å². The van der Waals surface area contributed by atoms with Crippen LogP contribution in [-0.4, -0.2) is 20.0 Å². The molecule has 3 aromatic rings. The van der Waals surface area contributed by atoms with Gasteiger partial charge in [0, 0.05) is 5.56 Å². The van der Waals surface area contributed by atoms with Gasteiger partial charge in [0.15, 0.2) is 11.0 Å². The molecule has 3 rings (SSSR count). The zero-order valence-electron chi connectivity index (χ0n) is 10.2. The first kappa shape index (κ1) is 12.4. The summed E-state index contributed by atoms with van der Waals surface area (Å²) in [4.78, 5) is 12.2. The summed E-state index contributed by atoms with van der Waals surface area (Å²) < 4.78 is 1.24. The van der Waals surface area contributed by atoms with Crippen molar-refractivity contribution in [3.63, 3.8) is 0 Å². The lowest BCUT2D eigenvalue weighted by atomic mass is 10.1. The molecule has 0 aliphatic carbocycles. The number of aromatic amines is 1. The zero-order valence-corrected chi connectivity index (χ0v) is 11.0. The molecule has 0 aliphatic heterocycles. The van der Waals surface area contributed by atoms with E-state index in [1.165, 1.54) is 4.68 Å². The van der Waals surface area contributed by atoms with Gasteiger partial charge in [0.25, 0.3) is 5.56 Å². The van der Waals surface area contributed by atoms with Crippen LogP contribution in [-0.2, 0) is 0 Å². The van der Waals surface area contributed by atoms with Gasteiger partial charge in [-0.15, -0.1) is 10.2 Å². The number of aromatic nitrogens is 4. The average molecular weight is 288 g/mol. The van der Waals surface area contributed by atoms with Crippen LogP contribution >= 0.6 is 11.6 Å². The van der Waals surface area contributed by atoms with Crippen LogP contribution in [0.5, 0.6) is 0 Å². The molecule has 0 aliphatic rings. The van der Waals surface area contributed by atoms with Gasteiger partial charge in [-0.25, -0.2) is 0 Å². The maximum absolute atomic E-state index is 12.2. The molecule has 2 heterocycles. The van der Waals surface area contributed by atoms with Crippen LogP contribution < -0.4 is 11.3 Å². The van der Waals surface area contributed by atoms with E-state index in [1.807, 2.05) is 30.3 Å². The Bertz CT molecular complexity index is 792. The lowest BCUT2D eigenvalue weighted by Gasteiger charge is -2.00. The topological polar surface area (TPSA) is 89.6 Å². The van der Waals surface area contributed by atoms with Gasteiger partial charge in [0.05, 0.1) is 5.69 Å². The van der Waals surface area contributed by atoms with Crippen LogP contribution in [0.1, 0.15) is 0 Å². The minimum Gasteiger partial charge on any atom is -0.392 e. The van der Waals surface area contributed by atoms with E-state index < -0.39 is 0 Å². The average Bonchev–Trinajstić information content (AvgIpc) is 2.77. The highest BCUT2D eigenvalue weighted by Crippen LogP contribution is 2.21. The Morgan fingerprint density at radius 3 is 2.50 bits per heavy atom. The van der Waals surface area contributed by atoms with E-state index in [9.17, 15) is 4.79 Å². The third-order valence-corrected chi connectivity index (χ3v) is 3.04. The van der Waals surface area contributed by atoms with Crippen LogP contribution in [0.25, 0.3) is 17.1 Å². The van der Waals surface area contributed by atoms with Crippen molar-refractivity contribution in [1.29, 1.82) is 0 Å². The van der Waals surface area contributed by atoms with Gasteiger partial charge in [-0.2, -0.15) is 4.68 Å². The molecule has 1 aromatic carbocycles. The molecule has 0 fully saturated rings. The van der Waals surface area contributed by atoms with Crippen molar-refractivity contribution in [2.45, 2.75) is 0 Å². The van der Waals surface area contributed by atoms with E-state index in [-0.39, 0.29) is 16.4 Å². The highest BCUT2D eigenvalue weighted by atomic mass is 35.5. The van der Waals surface area contributed by atoms with Crippen LogP contribution in [0.4, 0.5) is 5.69 Å². The van der Waals surface area contributed by atoms with Crippen molar-refractivity contribution >= 4 is 17.3 Å². The van der Waals surface area contributed by atoms with Crippen LogP contribution in [0.3, 0.4) is 0 Å². The van der Waals surface area contributed by atoms with Crippen molar-refractivity contribution in [3.8, 4) is 17.1 Å². The van der Waals surface area contributed by atoms with Gasteiger partial charge < -0.3 is 5.73 Å². The first-order valence-electron chi connectivity index (χ1n) is 5.82. The molecule has 0 unspecified atom stereocenters. The van der Waals surface area contributed by atoms with Crippen LogP contribution in [0.2, 0.25) is 5.15 Å². The third-order valence-electron chi connectivity index (χ3n) is 2.84. The Morgan fingerprint density at radius 2 is 1.85 bits per heavy atom. The molecule has 0 amide bonds. The van der Waals surface area contributed by atoms with Gasteiger partial charge in [0.2, 0.25) is 0 Å². The van der Waals surface area contributed by atoms with Crippen molar-refractivity contribution in [3.05, 3.63) is 58.0 Å². The number of nitrogens with two attached hydrogens (primary N) is 1. The van der Waals surface area contributed by atoms with Gasteiger partial charge in [-0.3, -0.25) is 9.89 Å². The summed E-state index contributed by atoms with van der Waals surface area (Å²) in [6.07, 6.45) is 0. The Kier molecular flexibility index (Phi) is 3.00. The number of benzene rings is 1. The van der Waals surface area contributed by atoms with Gasteiger partial charge >= 0.3 is 0 Å². The monoisotopic (exact) mass is 287 g/mol. The minimum atomic E-state index is -0.375. The number of hydrogen-bond acceptors (Lipinski definition) is 4. The molecular formula is C13H10ClN5O. The molecule has 0 radical (unpaired) electrons. The summed E-state index contributed by atoms with van der Waals surface area (Å²) in [5, 5.41) is 10.7. The predicted molar refractivity (Wildman–Crippen MR) is 76.8 cm³/mol. The molecular weight excluding hydrogens is 278 g/mol. The molecule has 7 heteroatoms. The van der Waals surface area contributed by atoms with Gasteiger partial charge in [0.1, 0.15) is 5.69 Å². The van der Waals surface area contributed by atoms with Gasteiger partial charge in [-0.1, -0.05) is 41.9 Å². The second-order valence-corrected chi connectivity index (χ2v) is 4.51. The van der Waals surface area contributed by atoms with E-state index in [4.69, 9.17) is 17.3 Å². The highest BCUT2D eigenvalue weighted by molar-refractivity contribution is 6.29. The van der Waals surface area contributed by atoms with Crippen molar-refractivity contribution in [1.82, 2.24) is 20.0 Å². The van der Waals surface area contributed by atoms with E-state index in [0.29, 0.717) is 11.5 Å². The van der Waals surface area contributed by atoms with E-state index >= 15 is 0 Å². The summed E-state index contributed by atoms with van der Waals surface area (Å²) in [5.74, 6) is 0.327. The Labute approximate surface area is 118 Å². The second kappa shape index (κ2) is 4.82. The van der Waals surface area contributed by atoms with E-state index in [1.54, 1.807) is 12.1 Å². The zero-order chi connectivity index (χ0) is 14.1. The number of nitrogens with one attached hydrogen (secondary N) is 1. The molecule has 0 saturated heterocycles. The van der Waals surface area contributed by atoms with Crippen LogP contribution in [0.15, 0.2) is 47.3 Å². The van der Waals surface area contributed by atoms with Crippen molar-refractivity contribution in [2.75, 3.05) is 5.73 Å². The third kappa shape index (κ3) is 2.06. The summed E-state index contributed by atoms with van der Waals surface area (Å²) in [7, 11) is 0. The predicted octanol–water partition coefficient (Wildman–Crippen LogP) is 1.86. The summed E-state index contributed by atoms with van der Waals surface area (Å²) in [6.45, 7) is 0. The second-order valence-electron chi connectivity index (χ2n) is 4.12. The molecule has 20 heavy (non-hydrogen) atoms. The number of rotatable bonds is 2. The number of halogens is 1. The lowest BCUT2D eigenvalue weighted by Crippen LogP contribution is -2.18. The number of nitrogens with zero attached hydrogens (tertiary/aromatic N) is 3. The number of hydrogen-bond donors (Lipinski definition) is 2. The molecule has 3 N–H and O–H groups in total. The fraction of sp³-hybridized carbons (Fsp3) is 0. The molecule has 0 bridgehead atoms. The normalized spacial score (nSPS) is 10.7. The summed E-state index contributed by atoms with van der Waals surface area (Å²) >= 11 is 5.68. The fourth-order valence-electron chi connectivity index (χ4n) is 1.86. The number of anilines is 1. The largest absolute Gasteiger partial charge is 0.392 e. The fourth-order valence-corrected chi connectivity index (χ4v) is 1.97. The van der Waals surface area contributed by atoms with Crippen molar-refractivity contribution in [2.24, 2.45) is 0 Å². The quantitative estimate of drug-likeness (QED) is 0.753. The first-order valence-corrected chi connectivity index (χ1v) is 6.20. The van der Waals surface area contributed by atoms with E-state index in [2.05, 4.69) is 15.3 Å². The number of H-pyrrole nitrogens is 1. The highest BCUT2D eigenvalue weighted by Gasteiger charge is 2.14. The molecule has 0 atom stereocenters. The standard InChI is InChI=1S/C13H10ClN5O/c14-9-6-7-10(17-16-9)19-13(20)11(15)12(18-19)8-4-2-1-3-5-8/h1-7,18H,15H2. The molecule has 100 valence electrons. The first-order chi connectivity index (χ1) is 9.66. The summed E-state index contributed by atoms with van der Waals surface area (Å²) in [5.41, 5.74) is 6.99. The maximum Gasteiger partial charge on any atom is 0.296 e. The maximum atomic E-state index is 12.2. The van der Waals surface area contributed by atoms with Crippen LogP contribution in [0, 0.1) is 0 Å². The summed E-state index contributed by atoms with van der Waals surface area (Å²) in [6, 6.07) is 12.5. The SMILES string of the molecule is Nc1c(-c2ccccc2)[nH]n(-c2ccc(Cl)nn2)c1=O. The lowest BCUT2D eigenvalue weighted by molar-refractivity contribution is 0.794. The Balaban J connectivity index is 2.16. The van der Waals surface area contributed by atoms with Gasteiger partial charge in [-0.05, 0) is 12.1 Å². The number of nitrogen functional groups attached to an aromatic ring is 1. The molecule has 6 nitrogen and oxygen atoms in total. The smallest absolute Gasteiger partial charge is 0.296 e. The minimum absolute atomic E-state index is 0.132. The van der Waals surface area contributed by atoms with Crippen molar-refractivity contribution < 1.29 is 0 Å². The molecule has 2 aromatic heterocycles. The molecule has 0 saturated carbocycles.